The quantitative estimate of drug-likeness (QED) is 0.732. The van der Waals surface area contributed by atoms with Crippen LogP contribution in [0.2, 0.25) is 0 Å². The maximum absolute atomic E-state index is 11.9. The lowest BCUT2D eigenvalue weighted by Gasteiger charge is -2.24. The molecule has 0 aromatic carbocycles. The van der Waals surface area contributed by atoms with Gasteiger partial charge in [0.1, 0.15) is 6.10 Å². The largest absolute Gasteiger partial charge is 0.367 e. The molecule has 0 aromatic heterocycles. The van der Waals surface area contributed by atoms with E-state index in [-0.39, 0.29) is 23.5 Å². The van der Waals surface area contributed by atoms with E-state index in [9.17, 15) is 4.79 Å². The number of nitrogens with zero attached hydrogens (tertiary/aromatic N) is 1. The van der Waals surface area contributed by atoms with Crippen LogP contribution in [0.3, 0.4) is 0 Å². The summed E-state index contributed by atoms with van der Waals surface area (Å²) in [4.78, 5) is 13.9. The number of rotatable bonds is 3. The summed E-state index contributed by atoms with van der Waals surface area (Å²) >= 11 is 0. The minimum absolute atomic E-state index is 0.0449. The standard InChI is InChI=1S/C11H22N2O2/c1-11(2,3)12-8-7-15-9(10(8)14)6-13(4)5/h8-9,12H,6-7H2,1-5H3. The Bertz CT molecular complexity index is 233. The molecule has 1 heterocycles. The fourth-order valence-corrected chi connectivity index (χ4v) is 1.71. The molecule has 88 valence electrons. The molecule has 1 fully saturated rings. The predicted octanol–water partition coefficient (Wildman–Crippen LogP) is 0.273. The van der Waals surface area contributed by atoms with Crippen molar-refractivity contribution in [2.24, 2.45) is 0 Å². The van der Waals surface area contributed by atoms with Crippen molar-refractivity contribution in [3.63, 3.8) is 0 Å². The van der Waals surface area contributed by atoms with Crippen LogP contribution >= 0.6 is 0 Å². The number of hydrogen-bond donors (Lipinski definition) is 1. The summed E-state index contributed by atoms with van der Waals surface area (Å²) in [5, 5.41) is 3.28. The third-order valence-electron chi connectivity index (χ3n) is 2.26. The molecular formula is C11H22N2O2. The molecule has 0 radical (unpaired) electrons. The second kappa shape index (κ2) is 4.60. The van der Waals surface area contributed by atoms with Gasteiger partial charge >= 0.3 is 0 Å². The summed E-state index contributed by atoms with van der Waals surface area (Å²) in [7, 11) is 3.89. The van der Waals surface area contributed by atoms with Crippen LogP contribution in [0, 0.1) is 0 Å². The van der Waals surface area contributed by atoms with Gasteiger partial charge in [0, 0.05) is 12.1 Å². The van der Waals surface area contributed by atoms with Crippen molar-refractivity contribution in [2.75, 3.05) is 27.2 Å². The Morgan fingerprint density at radius 2 is 2.07 bits per heavy atom. The predicted molar refractivity (Wildman–Crippen MR) is 60.0 cm³/mol. The first-order chi connectivity index (χ1) is 6.79. The van der Waals surface area contributed by atoms with Gasteiger partial charge in [0.15, 0.2) is 5.78 Å². The summed E-state index contributed by atoms with van der Waals surface area (Å²) in [5.74, 6) is 0.179. The van der Waals surface area contributed by atoms with Gasteiger partial charge in [-0.05, 0) is 34.9 Å². The van der Waals surface area contributed by atoms with Crippen LogP contribution in [0.5, 0.6) is 0 Å². The molecule has 0 bridgehead atoms. The maximum Gasteiger partial charge on any atom is 0.182 e. The van der Waals surface area contributed by atoms with Gasteiger partial charge in [-0.15, -0.1) is 0 Å². The third-order valence-corrected chi connectivity index (χ3v) is 2.26. The van der Waals surface area contributed by atoms with E-state index in [1.165, 1.54) is 0 Å². The molecule has 1 aliphatic heterocycles. The van der Waals surface area contributed by atoms with Crippen LogP contribution in [-0.2, 0) is 9.53 Å². The highest BCUT2D eigenvalue weighted by Gasteiger charge is 2.36. The average Bonchev–Trinajstić information content (AvgIpc) is 2.32. The lowest BCUT2D eigenvalue weighted by molar-refractivity contribution is -0.124. The molecule has 0 saturated carbocycles. The first-order valence-corrected chi connectivity index (χ1v) is 5.37. The lowest BCUT2D eigenvalue weighted by atomic mass is 10.0. The normalized spacial score (nSPS) is 27.7. The van der Waals surface area contributed by atoms with Crippen molar-refractivity contribution in [2.45, 2.75) is 38.5 Å². The highest BCUT2D eigenvalue weighted by molar-refractivity contribution is 5.90. The molecule has 1 aliphatic rings. The SMILES string of the molecule is CN(C)CC1OCC(NC(C)(C)C)C1=O. The molecule has 0 spiro atoms. The number of Topliss-reactive ketones (excluding diaryl/α,β-unsaturated/α-hetero) is 1. The Hall–Kier alpha value is -0.450. The lowest BCUT2D eigenvalue weighted by Crippen LogP contribution is -2.48. The van der Waals surface area contributed by atoms with E-state index in [0.29, 0.717) is 13.2 Å². The topological polar surface area (TPSA) is 41.6 Å². The number of carbonyl (C=O) groups excluding carboxylic acids is 1. The second-order valence-electron chi connectivity index (χ2n) is 5.43. The molecule has 0 amide bonds. The number of likely N-dealkylation sites (N-methyl/N-ethyl adjacent to an activating group) is 1. The molecule has 1 rings (SSSR count). The fraction of sp³-hybridized carbons (Fsp3) is 0.909. The molecule has 4 nitrogen and oxygen atoms in total. The van der Waals surface area contributed by atoms with E-state index in [4.69, 9.17) is 4.74 Å². The van der Waals surface area contributed by atoms with Gasteiger partial charge in [-0.1, -0.05) is 0 Å². The molecule has 15 heavy (non-hydrogen) atoms. The number of carbonyl (C=O) groups is 1. The van der Waals surface area contributed by atoms with Gasteiger partial charge < -0.3 is 15.0 Å². The molecular weight excluding hydrogens is 192 g/mol. The van der Waals surface area contributed by atoms with Crippen LogP contribution in [0.4, 0.5) is 0 Å². The molecule has 4 heteroatoms. The zero-order valence-corrected chi connectivity index (χ0v) is 10.3. The molecule has 2 unspecified atom stereocenters. The minimum atomic E-state index is -0.264. The highest BCUT2D eigenvalue weighted by atomic mass is 16.5. The van der Waals surface area contributed by atoms with Crippen LogP contribution in [0.15, 0.2) is 0 Å². The van der Waals surface area contributed by atoms with Gasteiger partial charge in [-0.3, -0.25) is 4.79 Å². The Balaban J connectivity index is 2.49. The number of ketones is 1. The molecule has 1 saturated heterocycles. The summed E-state index contributed by atoms with van der Waals surface area (Å²) in [5.41, 5.74) is -0.0449. The Morgan fingerprint density at radius 3 is 2.53 bits per heavy atom. The van der Waals surface area contributed by atoms with Crippen LogP contribution in [-0.4, -0.2) is 55.6 Å². The van der Waals surface area contributed by atoms with Crippen molar-refractivity contribution >= 4 is 5.78 Å². The first kappa shape index (κ1) is 12.6. The molecule has 0 aromatic rings. The molecule has 0 aliphatic carbocycles. The second-order valence-corrected chi connectivity index (χ2v) is 5.43. The third kappa shape index (κ3) is 3.89. The molecule has 1 N–H and O–H groups in total. The van der Waals surface area contributed by atoms with Crippen molar-refractivity contribution in [3.05, 3.63) is 0 Å². The van der Waals surface area contributed by atoms with Crippen molar-refractivity contribution in [1.29, 1.82) is 0 Å². The maximum atomic E-state index is 11.9. The van der Waals surface area contributed by atoms with Crippen LogP contribution in [0.25, 0.3) is 0 Å². The monoisotopic (exact) mass is 214 g/mol. The summed E-state index contributed by atoms with van der Waals surface area (Å²) in [6.07, 6.45) is -0.264. The van der Waals surface area contributed by atoms with Gasteiger partial charge in [0.2, 0.25) is 0 Å². The van der Waals surface area contributed by atoms with Gasteiger partial charge in [0.25, 0.3) is 0 Å². The van der Waals surface area contributed by atoms with E-state index in [2.05, 4.69) is 26.1 Å². The first-order valence-electron chi connectivity index (χ1n) is 5.37. The number of nitrogens with one attached hydrogen (secondary N) is 1. The zero-order valence-electron chi connectivity index (χ0n) is 10.3. The van der Waals surface area contributed by atoms with Crippen molar-refractivity contribution < 1.29 is 9.53 Å². The zero-order chi connectivity index (χ0) is 11.6. The van der Waals surface area contributed by atoms with E-state index in [1.54, 1.807) is 0 Å². The minimum Gasteiger partial charge on any atom is -0.367 e. The van der Waals surface area contributed by atoms with Crippen LogP contribution in [0.1, 0.15) is 20.8 Å². The van der Waals surface area contributed by atoms with Crippen molar-refractivity contribution in [3.8, 4) is 0 Å². The van der Waals surface area contributed by atoms with Gasteiger partial charge in [0.05, 0.1) is 12.6 Å². The van der Waals surface area contributed by atoms with E-state index in [1.807, 2.05) is 19.0 Å². The van der Waals surface area contributed by atoms with Crippen LogP contribution < -0.4 is 5.32 Å². The summed E-state index contributed by atoms with van der Waals surface area (Å²) < 4.78 is 5.48. The average molecular weight is 214 g/mol. The molecule has 2 atom stereocenters. The van der Waals surface area contributed by atoms with E-state index in [0.717, 1.165) is 0 Å². The summed E-state index contributed by atoms with van der Waals surface area (Å²) in [6.45, 7) is 7.33. The van der Waals surface area contributed by atoms with E-state index < -0.39 is 0 Å². The van der Waals surface area contributed by atoms with Crippen molar-refractivity contribution in [1.82, 2.24) is 10.2 Å². The number of hydrogen-bond acceptors (Lipinski definition) is 4. The Kier molecular flexibility index (Phi) is 3.87. The highest BCUT2D eigenvalue weighted by Crippen LogP contribution is 2.13. The van der Waals surface area contributed by atoms with Gasteiger partial charge in [-0.25, -0.2) is 0 Å². The van der Waals surface area contributed by atoms with E-state index >= 15 is 0 Å². The fourth-order valence-electron chi connectivity index (χ4n) is 1.71. The number of ether oxygens (including phenoxy) is 1. The summed E-state index contributed by atoms with van der Waals surface area (Å²) in [6, 6.07) is -0.144. The Morgan fingerprint density at radius 1 is 1.47 bits per heavy atom. The smallest absolute Gasteiger partial charge is 0.182 e. The Labute approximate surface area is 92.0 Å². The van der Waals surface area contributed by atoms with Gasteiger partial charge in [-0.2, -0.15) is 0 Å².